The number of nitrogens with zero attached hydrogens (tertiary/aromatic N) is 6. The van der Waals surface area contributed by atoms with Gasteiger partial charge in [0.25, 0.3) is 0 Å². The van der Waals surface area contributed by atoms with Crippen LogP contribution in [0.1, 0.15) is 17.1 Å². The van der Waals surface area contributed by atoms with Gasteiger partial charge in [-0.1, -0.05) is 11.3 Å². The van der Waals surface area contributed by atoms with Crippen LogP contribution in [0.25, 0.3) is 4.96 Å². The summed E-state index contributed by atoms with van der Waals surface area (Å²) >= 11 is 1.63. The van der Waals surface area contributed by atoms with Crippen molar-refractivity contribution in [3.05, 3.63) is 29.3 Å². The molecule has 3 aromatic heterocycles. The standard InChI is InChI=1S/C15H20N6OS/c1-10-6-12(3)20(17-10)9-13-8-19(4-5-22-13)15-18-21-7-11(2)16-14(21)23-15/h6-7,13H,4-5,8-9H2,1-3H3. The van der Waals surface area contributed by atoms with Crippen LogP contribution in [0.3, 0.4) is 0 Å². The molecule has 1 atom stereocenters. The van der Waals surface area contributed by atoms with E-state index in [-0.39, 0.29) is 6.10 Å². The topological polar surface area (TPSA) is 60.5 Å². The number of hydrogen-bond acceptors (Lipinski definition) is 6. The Kier molecular flexibility index (Phi) is 3.57. The van der Waals surface area contributed by atoms with Gasteiger partial charge in [0.1, 0.15) is 0 Å². The number of hydrogen-bond donors (Lipinski definition) is 0. The van der Waals surface area contributed by atoms with E-state index in [0.717, 1.165) is 41.1 Å². The van der Waals surface area contributed by atoms with Gasteiger partial charge in [-0.15, -0.1) is 5.10 Å². The first-order valence-electron chi connectivity index (χ1n) is 7.79. The smallest absolute Gasteiger partial charge is 0.214 e. The SMILES string of the molecule is Cc1cn2nc(N3CCOC(Cn4nc(C)cc4C)C3)sc2n1. The molecule has 7 nitrogen and oxygen atoms in total. The predicted molar refractivity (Wildman–Crippen MR) is 89.3 cm³/mol. The maximum Gasteiger partial charge on any atom is 0.214 e. The van der Waals surface area contributed by atoms with Crippen LogP contribution >= 0.6 is 11.3 Å². The van der Waals surface area contributed by atoms with Crippen LogP contribution < -0.4 is 4.90 Å². The van der Waals surface area contributed by atoms with Crippen LogP contribution in [0.4, 0.5) is 5.13 Å². The summed E-state index contributed by atoms with van der Waals surface area (Å²) in [4.78, 5) is 7.71. The van der Waals surface area contributed by atoms with Crippen molar-refractivity contribution in [2.45, 2.75) is 33.4 Å². The summed E-state index contributed by atoms with van der Waals surface area (Å²) in [5.74, 6) is 0. The Morgan fingerprint density at radius 2 is 2.13 bits per heavy atom. The molecule has 1 fully saturated rings. The molecule has 23 heavy (non-hydrogen) atoms. The third-order valence-electron chi connectivity index (χ3n) is 4.04. The maximum absolute atomic E-state index is 5.92. The molecular formula is C15H20N6OS. The highest BCUT2D eigenvalue weighted by atomic mass is 32.1. The third-order valence-corrected chi connectivity index (χ3v) is 5.03. The van der Waals surface area contributed by atoms with Gasteiger partial charge in [0.05, 0.1) is 36.8 Å². The number of rotatable bonds is 3. The average molecular weight is 332 g/mol. The zero-order valence-corrected chi connectivity index (χ0v) is 14.4. The van der Waals surface area contributed by atoms with Crippen LogP contribution in [0, 0.1) is 20.8 Å². The lowest BCUT2D eigenvalue weighted by molar-refractivity contribution is 0.0269. The number of morpholine rings is 1. The van der Waals surface area contributed by atoms with Crippen molar-refractivity contribution in [3.63, 3.8) is 0 Å². The summed E-state index contributed by atoms with van der Waals surface area (Å²) in [5, 5.41) is 10.2. The molecule has 0 saturated carbocycles. The van der Waals surface area contributed by atoms with E-state index in [0.29, 0.717) is 6.61 Å². The quantitative estimate of drug-likeness (QED) is 0.732. The number of ether oxygens (including phenoxy) is 1. The Labute approximate surface area is 138 Å². The highest BCUT2D eigenvalue weighted by Gasteiger charge is 2.24. The first-order chi connectivity index (χ1) is 11.1. The van der Waals surface area contributed by atoms with Crippen LogP contribution in [0.15, 0.2) is 12.3 Å². The highest BCUT2D eigenvalue weighted by molar-refractivity contribution is 7.20. The third kappa shape index (κ3) is 2.84. The molecule has 0 bridgehead atoms. The Morgan fingerprint density at radius 1 is 1.26 bits per heavy atom. The van der Waals surface area contributed by atoms with Crippen LogP contribution in [-0.2, 0) is 11.3 Å². The second-order valence-corrected chi connectivity index (χ2v) is 6.98. The Balaban J connectivity index is 1.49. The van der Waals surface area contributed by atoms with Crippen LogP contribution in [0.2, 0.25) is 0 Å². The zero-order chi connectivity index (χ0) is 16.0. The lowest BCUT2D eigenvalue weighted by Crippen LogP contribution is -2.44. The molecule has 8 heteroatoms. The summed E-state index contributed by atoms with van der Waals surface area (Å²) in [6.07, 6.45) is 2.09. The van der Waals surface area contributed by atoms with Gasteiger partial charge in [-0.05, 0) is 26.8 Å². The molecule has 0 radical (unpaired) electrons. The first kappa shape index (κ1) is 14.6. The second kappa shape index (κ2) is 5.61. The van der Waals surface area contributed by atoms with Crippen molar-refractivity contribution in [3.8, 4) is 0 Å². The van der Waals surface area contributed by atoms with Crippen molar-refractivity contribution in [1.29, 1.82) is 0 Å². The van der Waals surface area contributed by atoms with Crippen molar-refractivity contribution >= 4 is 21.4 Å². The molecule has 0 N–H and O–H groups in total. The van der Waals surface area contributed by atoms with Gasteiger partial charge in [-0.2, -0.15) is 5.10 Å². The minimum Gasteiger partial charge on any atom is -0.373 e. The van der Waals surface area contributed by atoms with E-state index in [2.05, 4.69) is 33.1 Å². The van der Waals surface area contributed by atoms with Crippen molar-refractivity contribution in [2.24, 2.45) is 0 Å². The molecule has 0 aliphatic carbocycles. The molecule has 1 unspecified atom stereocenters. The lowest BCUT2D eigenvalue weighted by Gasteiger charge is -2.32. The zero-order valence-electron chi connectivity index (χ0n) is 13.6. The van der Waals surface area contributed by atoms with Gasteiger partial charge in [-0.3, -0.25) is 4.68 Å². The molecule has 0 amide bonds. The van der Waals surface area contributed by atoms with Crippen molar-refractivity contribution in [2.75, 3.05) is 24.6 Å². The maximum atomic E-state index is 5.92. The largest absolute Gasteiger partial charge is 0.373 e. The first-order valence-corrected chi connectivity index (χ1v) is 8.60. The number of fused-ring (bicyclic) bond motifs is 1. The minimum atomic E-state index is 0.125. The van der Waals surface area contributed by atoms with Gasteiger partial charge < -0.3 is 9.64 Å². The van der Waals surface area contributed by atoms with Crippen molar-refractivity contribution < 1.29 is 4.74 Å². The highest BCUT2D eigenvalue weighted by Crippen LogP contribution is 2.25. The number of imidazole rings is 1. The molecule has 3 aromatic rings. The van der Waals surface area contributed by atoms with E-state index in [1.165, 1.54) is 5.69 Å². The summed E-state index contributed by atoms with van der Waals surface area (Å²) in [5.41, 5.74) is 3.22. The summed E-state index contributed by atoms with van der Waals surface area (Å²) in [7, 11) is 0. The van der Waals surface area contributed by atoms with Crippen LogP contribution in [0.5, 0.6) is 0 Å². The number of anilines is 1. The van der Waals surface area contributed by atoms with Crippen LogP contribution in [-0.4, -0.2) is 50.2 Å². The van der Waals surface area contributed by atoms with E-state index < -0.39 is 0 Å². The summed E-state index contributed by atoms with van der Waals surface area (Å²) < 4.78 is 9.82. The molecule has 0 aromatic carbocycles. The molecular weight excluding hydrogens is 312 g/mol. The second-order valence-electron chi connectivity index (χ2n) is 6.04. The fraction of sp³-hybridized carbons (Fsp3) is 0.533. The van der Waals surface area contributed by atoms with Gasteiger partial charge in [0.2, 0.25) is 10.1 Å². The fourth-order valence-corrected chi connectivity index (χ4v) is 3.95. The van der Waals surface area contributed by atoms with Gasteiger partial charge >= 0.3 is 0 Å². The monoisotopic (exact) mass is 332 g/mol. The predicted octanol–water partition coefficient (Wildman–Crippen LogP) is 1.82. The van der Waals surface area contributed by atoms with E-state index in [1.54, 1.807) is 11.3 Å². The van der Waals surface area contributed by atoms with Gasteiger partial charge in [-0.25, -0.2) is 9.50 Å². The van der Waals surface area contributed by atoms with E-state index in [9.17, 15) is 0 Å². The summed E-state index contributed by atoms with van der Waals surface area (Å²) in [6, 6.07) is 2.10. The van der Waals surface area contributed by atoms with Crippen molar-refractivity contribution in [1.82, 2.24) is 24.4 Å². The molecule has 4 rings (SSSR count). The molecule has 0 spiro atoms. The Morgan fingerprint density at radius 3 is 2.87 bits per heavy atom. The van der Waals surface area contributed by atoms with Gasteiger partial charge in [0.15, 0.2) is 0 Å². The molecule has 1 aliphatic heterocycles. The average Bonchev–Trinajstić information content (AvgIpc) is 3.12. The molecule has 122 valence electrons. The molecule has 1 saturated heterocycles. The molecule has 4 heterocycles. The van der Waals surface area contributed by atoms with E-state index >= 15 is 0 Å². The van der Waals surface area contributed by atoms with Gasteiger partial charge in [0, 0.05) is 18.8 Å². The number of aromatic nitrogens is 5. The summed E-state index contributed by atoms with van der Waals surface area (Å²) in [6.45, 7) is 9.27. The minimum absolute atomic E-state index is 0.125. The Hall–Kier alpha value is -1.93. The normalized spacial score (nSPS) is 18.9. The molecule has 1 aliphatic rings. The Bertz CT molecular complexity index is 803. The fourth-order valence-electron chi connectivity index (χ4n) is 2.98. The van der Waals surface area contributed by atoms with E-state index in [4.69, 9.17) is 4.74 Å². The van der Waals surface area contributed by atoms with E-state index in [1.807, 2.05) is 29.2 Å². The lowest BCUT2D eigenvalue weighted by atomic mass is 10.3. The number of aryl methyl sites for hydroxylation is 3.